The molecule has 2 saturated heterocycles. The van der Waals surface area contributed by atoms with Gasteiger partial charge in [0, 0.05) is 56.0 Å². The number of nitrogens with two attached hydrogens (primary N) is 4. The van der Waals surface area contributed by atoms with Gasteiger partial charge < -0.3 is 38.1 Å². The van der Waals surface area contributed by atoms with Crippen molar-refractivity contribution in [1.82, 2.24) is 19.9 Å². The zero-order valence-electron chi connectivity index (χ0n) is 17.3. The van der Waals surface area contributed by atoms with Crippen molar-refractivity contribution in [2.75, 3.05) is 41.3 Å². The van der Waals surface area contributed by atoms with Gasteiger partial charge in [-0.3, -0.25) is 0 Å². The number of hydrogen-bond acceptors (Lipinski definition) is 11. The summed E-state index contributed by atoms with van der Waals surface area (Å²) in [7, 11) is 0. The van der Waals surface area contributed by atoms with Gasteiger partial charge in [-0.1, -0.05) is 6.07 Å². The summed E-state index contributed by atoms with van der Waals surface area (Å²) in [5.41, 5.74) is 25.6. The molecule has 4 unspecified atom stereocenters. The van der Waals surface area contributed by atoms with Crippen LogP contribution >= 0.6 is 0 Å². The maximum Gasteiger partial charge on any atom is 0.235 e. The lowest BCUT2D eigenvalue weighted by molar-refractivity contribution is 0.441. The quantitative estimate of drug-likeness (QED) is 0.418. The van der Waals surface area contributed by atoms with Crippen LogP contribution in [0.4, 0.5) is 23.7 Å². The first-order chi connectivity index (χ1) is 14.4. The summed E-state index contributed by atoms with van der Waals surface area (Å²) in [5, 5.41) is 3.20. The van der Waals surface area contributed by atoms with E-state index < -0.39 is 0 Å². The number of anilines is 4. The molecule has 162 valence electrons. The Hall–Kier alpha value is -2.60. The Kier molecular flexibility index (Phi) is 5.95. The van der Waals surface area contributed by atoms with Crippen molar-refractivity contribution in [2.45, 2.75) is 43.9 Å². The summed E-state index contributed by atoms with van der Waals surface area (Å²) >= 11 is 0. The molecule has 0 aromatic carbocycles. The summed E-state index contributed by atoms with van der Waals surface area (Å²) in [6.45, 7) is 4.48. The number of nitrogens with zero attached hydrogens (tertiary/aromatic N) is 6. The van der Waals surface area contributed by atoms with Crippen LogP contribution in [0.1, 0.15) is 18.5 Å². The standard InChI is InChI=1S/C19H31N11/c1-11-3-2-4-16(24-11)25-17-26-18(29-7-12(20)5-13(21)8-29)28-19(27-17)30-9-14(22)6-15(23)10-30/h2-4,12-15H,5-10,20-23H2,1H3,(H,24,25,26,27,28). The average molecular weight is 414 g/mol. The summed E-state index contributed by atoms with van der Waals surface area (Å²) in [5.74, 6) is 2.15. The monoisotopic (exact) mass is 413 g/mol. The van der Waals surface area contributed by atoms with Crippen molar-refractivity contribution in [2.24, 2.45) is 22.9 Å². The van der Waals surface area contributed by atoms with Gasteiger partial charge >= 0.3 is 0 Å². The minimum Gasteiger partial charge on any atom is -0.338 e. The van der Waals surface area contributed by atoms with E-state index in [1.54, 1.807) is 0 Å². The van der Waals surface area contributed by atoms with Crippen LogP contribution < -0.4 is 38.1 Å². The molecule has 2 aromatic heterocycles. The Morgan fingerprint density at radius 1 is 0.767 bits per heavy atom. The second-order valence-electron chi connectivity index (χ2n) is 8.37. The average Bonchev–Trinajstić information content (AvgIpc) is 2.66. The number of rotatable bonds is 4. The van der Waals surface area contributed by atoms with Crippen LogP contribution in [0.25, 0.3) is 0 Å². The van der Waals surface area contributed by atoms with Gasteiger partial charge in [-0.2, -0.15) is 15.0 Å². The molecule has 2 fully saturated rings. The summed E-state index contributed by atoms with van der Waals surface area (Å²) in [6, 6.07) is 5.62. The molecule has 0 saturated carbocycles. The fourth-order valence-electron chi connectivity index (χ4n) is 4.10. The fraction of sp³-hybridized carbons (Fsp3) is 0.579. The molecule has 2 aliphatic heterocycles. The van der Waals surface area contributed by atoms with Gasteiger partial charge in [0.15, 0.2) is 0 Å². The third-order valence-corrected chi connectivity index (χ3v) is 5.34. The smallest absolute Gasteiger partial charge is 0.235 e. The van der Waals surface area contributed by atoms with Crippen LogP contribution in [0.3, 0.4) is 0 Å². The van der Waals surface area contributed by atoms with Crippen LogP contribution in [0, 0.1) is 6.92 Å². The van der Waals surface area contributed by atoms with Crippen molar-refractivity contribution in [3.8, 4) is 0 Å². The molecule has 9 N–H and O–H groups in total. The first kappa shape index (κ1) is 20.7. The van der Waals surface area contributed by atoms with E-state index in [-0.39, 0.29) is 24.2 Å². The Bertz CT molecular complexity index is 811. The third kappa shape index (κ3) is 4.93. The van der Waals surface area contributed by atoms with Gasteiger partial charge in [0.25, 0.3) is 0 Å². The molecule has 11 nitrogen and oxygen atoms in total. The Labute approximate surface area is 176 Å². The predicted octanol–water partition coefficient (Wildman–Crippen LogP) is -0.952. The van der Waals surface area contributed by atoms with E-state index in [9.17, 15) is 0 Å². The van der Waals surface area contributed by atoms with Gasteiger partial charge in [-0.05, 0) is 31.9 Å². The molecule has 4 heterocycles. The van der Waals surface area contributed by atoms with Crippen molar-refractivity contribution in [1.29, 1.82) is 0 Å². The van der Waals surface area contributed by atoms with Crippen molar-refractivity contribution >= 4 is 23.7 Å². The van der Waals surface area contributed by atoms with E-state index in [0.29, 0.717) is 49.8 Å². The Morgan fingerprint density at radius 2 is 1.27 bits per heavy atom. The molecule has 2 aromatic rings. The molecule has 2 aliphatic rings. The summed E-state index contributed by atoms with van der Waals surface area (Å²) in [6.07, 6.45) is 1.56. The molecule has 0 bridgehead atoms. The van der Waals surface area contributed by atoms with Crippen LogP contribution in [0.5, 0.6) is 0 Å². The maximum atomic E-state index is 6.19. The minimum absolute atomic E-state index is 0.0272. The lowest BCUT2D eigenvalue weighted by atomic mass is 10.0. The largest absolute Gasteiger partial charge is 0.338 e. The topological polar surface area (TPSA) is 174 Å². The van der Waals surface area contributed by atoms with E-state index in [1.807, 2.05) is 34.9 Å². The zero-order valence-corrected chi connectivity index (χ0v) is 17.3. The number of aromatic nitrogens is 4. The summed E-state index contributed by atoms with van der Waals surface area (Å²) < 4.78 is 0. The van der Waals surface area contributed by atoms with E-state index >= 15 is 0 Å². The molecular weight excluding hydrogens is 382 g/mol. The Balaban J connectivity index is 1.68. The van der Waals surface area contributed by atoms with Gasteiger partial charge in [-0.15, -0.1) is 0 Å². The van der Waals surface area contributed by atoms with Gasteiger partial charge in [0.2, 0.25) is 17.8 Å². The minimum atomic E-state index is -0.0272. The SMILES string of the molecule is Cc1cccc(Nc2nc(N3CC(N)CC(N)C3)nc(N3CC(N)CC(N)C3)n2)n1. The highest BCUT2D eigenvalue weighted by Crippen LogP contribution is 2.23. The van der Waals surface area contributed by atoms with Crippen molar-refractivity contribution < 1.29 is 0 Å². The van der Waals surface area contributed by atoms with Gasteiger partial charge in [0.05, 0.1) is 0 Å². The molecule has 4 atom stereocenters. The number of nitrogens with one attached hydrogen (secondary N) is 1. The molecule has 0 amide bonds. The number of piperidine rings is 2. The van der Waals surface area contributed by atoms with E-state index in [4.69, 9.17) is 27.9 Å². The van der Waals surface area contributed by atoms with Gasteiger partial charge in [0.1, 0.15) is 5.82 Å². The van der Waals surface area contributed by atoms with Crippen LogP contribution in [-0.4, -0.2) is 70.3 Å². The number of hydrogen-bond donors (Lipinski definition) is 5. The van der Waals surface area contributed by atoms with E-state index in [2.05, 4.69) is 20.3 Å². The normalized spacial score (nSPS) is 27.2. The first-order valence-electron chi connectivity index (χ1n) is 10.3. The predicted molar refractivity (Wildman–Crippen MR) is 118 cm³/mol. The van der Waals surface area contributed by atoms with E-state index in [0.717, 1.165) is 18.5 Å². The zero-order chi connectivity index (χ0) is 21.3. The molecule has 0 spiro atoms. The van der Waals surface area contributed by atoms with Crippen LogP contribution in [0.15, 0.2) is 18.2 Å². The fourth-order valence-corrected chi connectivity index (χ4v) is 4.10. The highest BCUT2D eigenvalue weighted by atomic mass is 15.4. The van der Waals surface area contributed by atoms with Crippen LogP contribution in [0.2, 0.25) is 0 Å². The van der Waals surface area contributed by atoms with Crippen molar-refractivity contribution in [3.63, 3.8) is 0 Å². The first-order valence-corrected chi connectivity index (χ1v) is 10.3. The summed E-state index contributed by atoms with van der Waals surface area (Å²) in [4.78, 5) is 22.5. The molecule has 4 rings (SSSR count). The molecule has 0 aliphatic carbocycles. The highest BCUT2D eigenvalue weighted by Gasteiger charge is 2.28. The maximum absolute atomic E-state index is 6.19. The molecule has 0 radical (unpaired) electrons. The third-order valence-electron chi connectivity index (χ3n) is 5.34. The Morgan fingerprint density at radius 3 is 1.73 bits per heavy atom. The number of pyridine rings is 1. The second-order valence-corrected chi connectivity index (χ2v) is 8.37. The van der Waals surface area contributed by atoms with Gasteiger partial charge in [-0.25, -0.2) is 4.98 Å². The molecule has 30 heavy (non-hydrogen) atoms. The van der Waals surface area contributed by atoms with Crippen LogP contribution in [-0.2, 0) is 0 Å². The highest BCUT2D eigenvalue weighted by molar-refractivity contribution is 5.53. The molecule has 11 heteroatoms. The van der Waals surface area contributed by atoms with Crippen molar-refractivity contribution in [3.05, 3.63) is 23.9 Å². The lowest BCUT2D eigenvalue weighted by Crippen LogP contribution is -2.54. The second kappa shape index (κ2) is 8.64. The number of aryl methyl sites for hydroxylation is 1. The van der Waals surface area contributed by atoms with E-state index in [1.165, 1.54) is 0 Å². The lowest BCUT2D eigenvalue weighted by Gasteiger charge is -2.36. The molecular formula is C19H31N11.